The van der Waals surface area contributed by atoms with Crippen LogP contribution in [0.1, 0.15) is 44.3 Å². The summed E-state index contributed by atoms with van der Waals surface area (Å²) in [6.45, 7) is 9.31. The number of allylic oxidation sites excluding steroid dienone is 1. The number of rotatable bonds is 4. The van der Waals surface area contributed by atoms with E-state index in [-0.39, 0.29) is 16.7 Å². The van der Waals surface area contributed by atoms with Crippen LogP contribution in [0.25, 0.3) is 5.57 Å². The monoisotopic (exact) mass is 320 g/mol. The van der Waals surface area contributed by atoms with Gasteiger partial charge in [-0.05, 0) is 38.2 Å². The molecule has 0 unspecified atom stereocenters. The van der Waals surface area contributed by atoms with Crippen molar-refractivity contribution in [1.29, 1.82) is 0 Å². The Balaban J connectivity index is 1.66. The minimum Gasteiger partial charge on any atom is -0.381 e. The molecule has 0 aromatic carbocycles. The highest BCUT2D eigenvalue weighted by atomic mass is 16.6. The largest absolute Gasteiger partial charge is 0.381 e. The van der Waals surface area contributed by atoms with Gasteiger partial charge in [0.15, 0.2) is 5.69 Å². The fourth-order valence-electron chi connectivity index (χ4n) is 3.57. The predicted molar refractivity (Wildman–Crippen MR) is 87.3 cm³/mol. The molecule has 126 valence electrons. The van der Waals surface area contributed by atoms with Crippen molar-refractivity contribution in [3.05, 3.63) is 28.6 Å². The van der Waals surface area contributed by atoms with Gasteiger partial charge < -0.3 is 9.64 Å². The Bertz CT molecular complexity index is 553. The third-order valence-corrected chi connectivity index (χ3v) is 4.89. The van der Waals surface area contributed by atoms with E-state index in [0.717, 1.165) is 52.0 Å². The molecule has 0 aliphatic carbocycles. The van der Waals surface area contributed by atoms with Crippen LogP contribution in [0.5, 0.6) is 0 Å². The van der Waals surface area contributed by atoms with E-state index < -0.39 is 0 Å². The summed E-state index contributed by atoms with van der Waals surface area (Å²) in [5, 5.41) is 15.6. The smallest absolute Gasteiger partial charge is 0.314 e. The SMILES string of the molecule is C=C(C)c1nn(C2CCN(C3CCOCC3)CC2)cc1[N+](=O)[O-]. The second kappa shape index (κ2) is 6.80. The van der Waals surface area contributed by atoms with Gasteiger partial charge in [0.25, 0.3) is 0 Å². The molecule has 2 saturated heterocycles. The van der Waals surface area contributed by atoms with Crippen LogP contribution in [0, 0.1) is 10.1 Å². The molecule has 7 heteroatoms. The molecule has 1 aromatic heterocycles. The van der Waals surface area contributed by atoms with Gasteiger partial charge in [-0.2, -0.15) is 5.10 Å². The van der Waals surface area contributed by atoms with E-state index in [0.29, 0.717) is 17.3 Å². The van der Waals surface area contributed by atoms with E-state index in [1.807, 2.05) is 0 Å². The quantitative estimate of drug-likeness (QED) is 0.630. The van der Waals surface area contributed by atoms with Gasteiger partial charge in [0.1, 0.15) is 6.20 Å². The van der Waals surface area contributed by atoms with Crippen molar-refractivity contribution in [2.45, 2.75) is 44.7 Å². The standard InChI is InChI=1S/C16H24N4O3/c1-12(2)16-15(20(21)22)11-19(17-16)14-3-7-18(8-4-14)13-5-9-23-10-6-13/h11,13-14H,1,3-10H2,2H3. The number of aromatic nitrogens is 2. The molecule has 3 heterocycles. The van der Waals surface area contributed by atoms with E-state index in [2.05, 4.69) is 16.6 Å². The summed E-state index contributed by atoms with van der Waals surface area (Å²) >= 11 is 0. The Kier molecular flexibility index (Phi) is 4.77. The number of ether oxygens (including phenoxy) is 1. The minimum atomic E-state index is -0.370. The molecule has 0 spiro atoms. The van der Waals surface area contributed by atoms with E-state index >= 15 is 0 Å². The van der Waals surface area contributed by atoms with Gasteiger partial charge in [0, 0.05) is 32.3 Å². The first-order valence-electron chi connectivity index (χ1n) is 8.27. The summed E-state index contributed by atoms with van der Waals surface area (Å²) in [7, 11) is 0. The number of likely N-dealkylation sites (tertiary alicyclic amines) is 1. The molecule has 0 N–H and O–H groups in total. The van der Waals surface area contributed by atoms with E-state index in [1.54, 1.807) is 17.8 Å². The second-order valence-electron chi connectivity index (χ2n) is 6.49. The van der Waals surface area contributed by atoms with E-state index in [4.69, 9.17) is 4.74 Å². The lowest BCUT2D eigenvalue weighted by atomic mass is 10.00. The maximum Gasteiger partial charge on any atom is 0.314 e. The van der Waals surface area contributed by atoms with Crippen molar-refractivity contribution in [2.24, 2.45) is 0 Å². The molecule has 0 atom stereocenters. The molecule has 0 bridgehead atoms. The zero-order chi connectivity index (χ0) is 16.4. The minimum absolute atomic E-state index is 0.0596. The third kappa shape index (κ3) is 3.45. The molecule has 0 amide bonds. The highest BCUT2D eigenvalue weighted by Crippen LogP contribution is 2.30. The molecule has 2 fully saturated rings. The Morgan fingerprint density at radius 2 is 1.96 bits per heavy atom. The molecule has 3 rings (SSSR count). The van der Waals surface area contributed by atoms with Crippen molar-refractivity contribution in [2.75, 3.05) is 26.3 Å². The summed E-state index contributed by atoms with van der Waals surface area (Å²) in [5.74, 6) is 0. The molecule has 2 aliphatic heterocycles. The molecule has 2 aliphatic rings. The first-order chi connectivity index (χ1) is 11.1. The summed E-state index contributed by atoms with van der Waals surface area (Å²) in [4.78, 5) is 13.3. The zero-order valence-electron chi connectivity index (χ0n) is 13.6. The highest BCUT2D eigenvalue weighted by molar-refractivity contribution is 5.65. The van der Waals surface area contributed by atoms with Crippen molar-refractivity contribution in [3.8, 4) is 0 Å². The van der Waals surface area contributed by atoms with Gasteiger partial charge in [0.2, 0.25) is 0 Å². The molecule has 1 aromatic rings. The maximum atomic E-state index is 11.2. The van der Waals surface area contributed by atoms with Crippen molar-refractivity contribution >= 4 is 11.3 Å². The molecular formula is C16H24N4O3. The van der Waals surface area contributed by atoms with E-state index in [9.17, 15) is 10.1 Å². The Labute approximate surface area is 136 Å². The van der Waals surface area contributed by atoms with Crippen LogP contribution >= 0.6 is 0 Å². The maximum absolute atomic E-state index is 11.2. The predicted octanol–water partition coefficient (Wildman–Crippen LogP) is 2.64. The number of nitrogens with zero attached hydrogens (tertiary/aromatic N) is 4. The highest BCUT2D eigenvalue weighted by Gasteiger charge is 2.29. The molecule has 0 radical (unpaired) electrons. The molecular weight excluding hydrogens is 296 g/mol. The molecule has 7 nitrogen and oxygen atoms in total. The lowest BCUT2D eigenvalue weighted by Gasteiger charge is -2.39. The summed E-state index contributed by atoms with van der Waals surface area (Å²) < 4.78 is 7.21. The van der Waals surface area contributed by atoms with Crippen LogP contribution in [-0.2, 0) is 4.74 Å². The Hall–Kier alpha value is -1.73. The average Bonchev–Trinajstić information content (AvgIpc) is 3.02. The number of piperidine rings is 1. The van der Waals surface area contributed by atoms with Gasteiger partial charge in [-0.15, -0.1) is 0 Å². The summed E-state index contributed by atoms with van der Waals surface area (Å²) in [6, 6.07) is 0.862. The van der Waals surface area contributed by atoms with Crippen LogP contribution in [0.3, 0.4) is 0 Å². The number of hydrogen-bond acceptors (Lipinski definition) is 5. The van der Waals surface area contributed by atoms with Crippen LogP contribution in [0.2, 0.25) is 0 Å². The van der Waals surface area contributed by atoms with Gasteiger partial charge in [-0.3, -0.25) is 14.8 Å². The zero-order valence-corrected chi connectivity index (χ0v) is 13.6. The molecule has 0 saturated carbocycles. The number of nitro groups is 1. The third-order valence-electron chi connectivity index (χ3n) is 4.89. The Morgan fingerprint density at radius 1 is 1.30 bits per heavy atom. The topological polar surface area (TPSA) is 73.4 Å². The normalized spacial score (nSPS) is 21.4. The van der Waals surface area contributed by atoms with Crippen LogP contribution in [0.4, 0.5) is 5.69 Å². The fourth-order valence-corrected chi connectivity index (χ4v) is 3.57. The lowest BCUT2D eigenvalue weighted by Crippen LogP contribution is -2.44. The fraction of sp³-hybridized carbons (Fsp3) is 0.688. The van der Waals surface area contributed by atoms with Crippen LogP contribution in [-0.4, -0.2) is 51.9 Å². The van der Waals surface area contributed by atoms with Gasteiger partial charge in [0.05, 0.1) is 11.0 Å². The van der Waals surface area contributed by atoms with Gasteiger partial charge in [-0.25, -0.2) is 0 Å². The summed E-state index contributed by atoms with van der Waals surface area (Å²) in [6.07, 6.45) is 5.74. The van der Waals surface area contributed by atoms with Crippen LogP contribution < -0.4 is 0 Å². The first kappa shape index (κ1) is 16.1. The average molecular weight is 320 g/mol. The van der Waals surface area contributed by atoms with Crippen molar-refractivity contribution < 1.29 is 9.66 Å². The lowest BCUT2D eigenvalue weighted by molar-refractivity contribution is -0.385. The molecule has 23 heavy (non-hydrogen) atoms. The second-order valence-corrected chi connectivity index (χ2v) is 6.49. The van der Waals surface area contributed by atoms with Crippen molar-refractivity contribution in [3.63, 3.8) is 0 Å². The Morgan fingerprint density at radius 3 is 2.48 bits per heavy atom. The van der Waals surface area contributed by atoms with E-state index in [1.165, 1.54) is 0 Å². The van der Waals surface area contributed by atoms with Crippen LogP contribution in [0.15, 0.2) is 12.8 Å². The number of hydrogen-bond donors (Lipinski definition) is 0. The van der Waals surface area contributed by atoms with Crippen molar-refractivity contribution in [1.82, 2.24) is 14.7 Å². The van der Waals surface area contributed by atoms with Gasteiger partial charge >= 0.3 is 5.69 Å². The summed E-state index contributed by atoms with van der Waals surface area (Å²) in [5.41, 5.74) is 1.10. The van der Waals surface area contributed by atoms with Gasteiger partial charge in [-0.1, -0.05) is 6.58 Å². The first-order valence-corrected chi connectivity index (χ1v) is 8.27.